The van der Waals surface area contributed by atoms with Gasteiger partial charge in [0.05, 0.1) is 6.42 Å². The summed E-state index contributed by atoms with van der Waals surface area (Å²) in [5.74, 6) is 0.0988. The molecule has 1 N–H and O–H groups in total. The van der Waals surface area contributed by atoms with E-state index in [1.54, 1.807) is 0 Å². The van der Waals surface area contributed by atoms with Crippen LogP contribution in [0.25, 0.3) is 0 Å². The summed E-state index contributed by atoms with van der Waals surface area (Å²) in [5.41, 5.74) is 2.37. The first kappa shape index (κ1) is 13.8. The SMILES string of the molecule is Cc1ccccc1CC(=O)N[C@H](C)C(C)(C)C. The zero-order chi connectivity index (χ0) is 13.1. The second kappa shape index (κ2) is 5.35. The molecule has 17 heavy (non-hydrogen) atoms. The zero-order valence-corrected chi connectivity index (χ0v) is 11.5. The van der Waals surface area contributed by atoms with E-state index in [1.807, 2.05) is 31.2 Å². The van der Waals surface area contributed by atoms with Gasteiger partial charge in [-0.2, -0.15) is 0 Å². The predicted octanol–water partition coefficient (Wildman–Crippen LogP) is 3.09. The summed E-state index contributed by atoms with van der Waals surface area (Å²) in [6, 6.07) is 8.20. The van der Waals surface area contributed by atoms with Crippen LogP contribution in [-0.2, 0) is 11.2 Å². The van der Waals surface area contributed by atoms with Crippen LogP contribution in [0.1, 0.15) is 38.8 Å². The Kier molecular flexibility index (Phi) is 4.33. The van der Waals surface area contributed by atoms with Crippen molar-refractivity contribution in [2.24, 2.45) is 5.41 Å². The average molecular weight is 233 g/mol. The van der Waals surface area contributed by atoms with Gasteiger partial charge < -0.3 is 5.32 Å². The molecule has 1 amide bonds. The Labute approximate surface area is 104 Å². The minimum atomic E-state index is 0.0986. The lowest BCUT2D eigenvalue weighted by Crippen LogP contribution is -2.42. The van der Waals surface area contributed by atoms with Gasteiger partial charge in [-0.15, -0.1) is 0 Å². The summed E-state index contributed by atoms with van der Waals surface area (Å²) in [4.78, 5) is 11.9. The third kappa shape index (κ3) is 4.22. The van der Waals surface area contributed by atoms with E-state index in [-0.39, 0.29) is 17.4 Å². The molecule has 0 aliphatic heterocycles. The first-order valence-corrected chi connectivity index (χ1v) is 6.14. The van der Waals surface area contributed by atoms with Crippen LogP contribution in [0.5, 0.6) is 0 Å². The second-order valence-corrected chi connectivity index (χ2v) is 5.76. The molecule has 94 valence electrons. The summed E-state index contributed by atoms with van der Waals surface area (Å²) in [6.07, 6.45) is 0.465. The molecule has 1 aromatic carbocycles. The van der Waals surface area contributed by atoms with Gasteiger partial charge in [-0.25, -0.2) is 0 Å². The Balaban J connectivity index is 2.60. The number of benzene rings is 1. The highest BCUT2D eigenvalue weighted by atomic mass is 16.1. The van der Waals surface area contributed by atoms with Crippen molar-refractivity contribution in [3.63, 3.8) is 0 Å². The number of rotatable bonds is 3. The van der Waals surface area contributed by atoms with Crippen LogP contribution < -0.4 is 5.32 Å². The van der Waals surface area contributed by atoms with E-state index < -0.39 is 0 Å². The molecular formula is C15H23NO. The summed E-state index contributed by atoms with van der Waals surface area (Å²) in [5, 5.41) is 3.06. The quantitative estimate of drug-likeness (QED) is 0.854. The van der Waals surface area contributed by atoms with E-state index in [4.69, 9.17) is 0 Å². The Morgan fingerprint density at radius 3 is 2.41 bits per heavy atom. The van der Waals surface area contributed by atoms with Gasteiger partial charge in [-0.3, -0.25) is 4.79 Å². The summed E-state index contributed by atoms with van der Waals surface area (Å²) < 4.78 is 0. The topological polar surface area (TPSA) is 29.1 Å². The van der Waals surface area contributed by atoms with Gasteiger partial charge in [0.1, 0.15) is 0 Å². The van der Waals surface area contributed by atoms with Crippen LogP contribution in [0.4, 0.5) is 0 Å². The smallest absolute Gasteiger partial charge is 0.224 e. The molecule has 2 nitrogen and oxygen atoms in total. The molecule has 0 aliphatic rings. The van der Waals surface area contributed by atoms with Crippen molar-refractivity contribution in [2.45, 2.75) is 47.1 Å². The lowest BCUT2D eigenvalue weighted by molar-refractivity contribution is -0.121. The molecule has 1 aromatic rings. The molecule has 0 spiro atoms. The maximum absolute atomic E-state index is 11.9. The fraction of sp³-hybridized carbons (Fsp3) is 0.533. The van der Waals surface area contributed by atoms with Gasteiger partial charge in [0.15, 0.2) is 0 Å². The summed E-state index contributed by atoms with van der Waals surface area (Å²) in [6.45, 7) is 10.5. The van der Waals surface area contributed by atoms with Gasteiger partial charge in [0.2, 0.25) is 5.91 Å². The number of amides is 1. The molecule has 0 fully saturated rings. The van der Waals surface area contributed by atoms with Crippen molar-refractivity contribution in [2.75, 3.05) is 0 Å². The van der Waals surface area contributed by atoms with Crippen LogP contribution >= 0.6 is 0 Å². The number of aryl methyl sites for hydroxylation is 1. The van der Waals surface area contributed by atoms with Gasteiger partial charge in [0, 0.05) is 6.04 Å². The van der Waals surface area contributed by atoms with E-state index >= 15 is 0 Å². The molecule has 0 saturated heterocycles. The van der Waals surface area contributed by atoms with E-state index in [0.29, 0.717) is 6.42 Å². The number of carbonyl (C=O) groups is 1. The molecule has 0 radical (unpaired) electrons. The molecule has 0 heterocycles. The third-order valence-corrected chi connectivity index (χ3v) is 3.29. The number of hydrogen-bond acceptors (Lipinski definition) is 1. The maximum atomic E-state index is 11.9. The Morgan fingerprint density at radius 2 is 1.88 bits per heavy atom. The standard InChI is InChI=1S/C15H23NO/c1-11-8-6-7-9-13(11)10-14(17)16-12(2)15(3,4)5/h6-9,12H,10H2,1-5H3,(H,16,17)/t12-/m1/s1. The molecule has 1 rings (SSSR count). The van der Waals surface area contributed by atoms with Crippen LogP contribution in [0.2, 0.25) is 0 Å². The van der Waals surface area contributed by atoms with Crippen molar-refractivity contribution in [3.05, 3.63) is 35.4 Å². The first-order chi connectivity index (χ1) is 7.80. The van der Waals surface area contributed by atoms with Crippen molar-refractivity contribution < 1.29 is 4.79 Å². The highest BCUT2D eigenvalue weighted by Gasteiger charge is 2.21. The Morgan fingerprint density at radius 1 is 1.29 bits per heavy atom. The normalized spacial score (nSPS) is 13.2. The van der Waals surface area contributed by atoms with Gasteiger partial charge in [-0.05, 0) is 30.4 Å². The van der Waals surface area contributed by atoms with Crippen LogP contribution in [-0.4, -0.2) is 11.9 Å². The molecule has 0 saturated carbocycles. The Bertz CT molecular complexity index is 390. The van der Waals surface area contributed by atoms with Gasteiger partial charge in [0.25, 0.3) is 0 Å². The summed E-state index contributed by atoms with van der Waals surface area (Å²) in [7, 11) is 0. The fourth-order valence-corrected chi connectivity index (χ4v) is 1.49. The molecule has 1 atom stereocenters. The van der Waals surface area contributed by atoms with Crippen molar-refractivity contribution in [1.29, 1.82) is 0 Å². The monoisotopic (exact) mass is 233 g/mol. The number of hydrogen-bond donors (Lipinski definition) is 1. The van der Waals surface area contributed by atoms with Crippen LogP contribution in [0.3, 0.4) is 0 Å². The van der Waals surface area contributed by atoms with Crippen LogP contribution in [0.15, 0.2) is 24.3 Å². The molecule has 0 unspecified atom stereocenters. The van der Waals surface area contributed by atoms with Gasteiger partial charge >= 0.3 is 0 Å². The molecular weight excluding hydrogens is 210 g/mol. The number of nitrogens with one attached hydrogen (secondary N) is 1. The molecule has 2 heteroatoms. The zero-order valence-electron chi connectivity index (χ0n) is 11.5. The van der Waals surface area contributed by atoms with E-state index in [0.717, 1.165) is 5.56 Å². The second-order valence-electron chi connectivity index (χ2n) is 5.76. The van der Waals surface area contributed by atoms with Crippen molar-refractivity contribution >= 4 is 5.91 Å². The lowest BCUT2D eigenvalue weighted by atomic mass is 9.88. The van der Waals surface area contributed by atoms with Crippen LogP contribution in [0, 0.1) is 12.3 Å². The van der Waals surface area contributed by atoms with Crippen molar-refractivity contribution in [3.8, 4) is 0 Å². The Hall–Kier alpha value is -1.31. The average Bonchev–Trinajstić information content (AvgIpc) is 2.20. The third-order valence-electron chi connectivity index (χ3n) is 3.29. The minimum Gasteiger partial charge on any atom is -0.353 e. The maximum Gasteiger partial charge on any atom is 0.224 e. The lowest BCUT2D eigenvalue weighted by Gasteiger charge is -2.28. The predicted molar refractivity (Wildman–Crippen MR) is 71.9 cm³/mol. The number of carbonyl (C=O) groups excluding carboxylic acids is 1. The minimum absolute atomic E-state index is 0.0986. The molecule has 0 bridgehead atoms. The summed E-state index contributed by atoms with van der Waals surface area (Å²) >= 11 is 0. The van der Waals surface area contributed by atoms with Crippen molar-refractivity contribution in [1.82, 2.24) is 5.32 Å². The largest absolute Gasteiger partial charge is 0.353 e. The highest BCUT2D eigenvalue weighted by molar-refractivity contribution is 5.79. The molecule has 0 aliphatic carbocycles. The fourth-order valence-electron chi connectivity index (χ4n) is 1.49. The van der Waals surface area contributed by atoms with E-state index in [9.17, 15) is 4.79 Å². The first-order valence-electron chi connectivity index (χ1n) is 6.14. The van der Waals surface area contributed by atoms with E-state index in [1.165, 1.54) is 5.56 Å². The van der Waals surface area contributed by atoms with Gasteiger partial charge in [-0.1, -0.05) is 45.0 Å². The highest BCUT2D eigenvalue weighted by Crippen LogP contribution is 2.18. The van der Waals surface area contributed by atoms with E-state index in [2.05, 4.69) is 33.0 Å². The molecule has 0 aromatic heterocycles.